The SMILES string of the molecule is CC(=O)C(C)c1ccc(O)c(CC(=O)CCl)c1. The van der Waals surface area contributed by atoms with Gasteiger partial charge in [0, 0.05) is 17.9 Å². The molecule has 0 spiro atoms. The monoisotopic (exact) mass is 254 g/mol. The molecule has 0 aliphatic heterocycles. The minimum Gasteiger partial charge on any atom is -0.508 e. The molecule has 3 nitrogen and oxygen atoms in total. The van der Waals surface area contributed by atoms with Crippen molar-refractivity contribution in [3.05, 3.63) is 29.3 Å². The van der Waals surface area contributed by atoms with Gasteiger partial charge in [-0.25, -0.2) is 0 Å². The number of carbonyl (C=O) groups excluding carboxylic acids is 2. The highest BCUT2D eigenvalue weighted by atomic mass is 35.5. The third kappa shape index (κ3) is 3.56. The van der Waals surface area contributed by atoms with Crippen LogP contribution in [0.4, 0.5) is 0 Å². The molecule has 1 rings (SSSR count). The van der Waals surface area contributed by atoms with E-state index in [1.165, 1.54) is 13.0 Å². The van der Waals surface area contributed by atoms with Crippen molar-refractivity contribution in [3.8, 4) is 5.75 Å². The number of rotatable bonds is 5. The first kappa shape index (κ1) is 13.7. The molecule has 1 aromatic rings. The van der Waals surface area contributed by atoms with Crippen LogP contribution in [0.3, 0.4) is 0 Å². The molecule has 0 heterocycles. The predicted octanol–water partition coefficient (Wildman–Crippen LogP) is 2.44. The Labute approximate surface area is 105 Å². The zero-order valence-corrected chi connectivity index (χ0v) is 10.6. The summed E-state index contributed by atoms with van der Waals surface area (Å²) in [4.78, 5) is 22.5. The molecule has 0 saturated carbocycles. The minimum absolute atomic E-state index is 0.0466. The largest absolute Gasteiger partial charge is 0.508 e. The molecule has 0 radical (unpaired) electrons. The van der Waals surface area contributed by atoms with E-state index in [0.717, 1.165) is 5.56 Å². The molecule has 0 aromatic heterocycles. The van der Waals surface area contributed by atoms with Gasteiger partial charge in [0.2, 0.25) is 0 Å². The van der Waals surface area contributed by atoms with Crippen molar-refractivity contribution in [3.63, 3.8) is 0 Å². The summed E-state index contributed by atoms with van der Waals surface area (Å²) in [6.07, 6.45) is 0.0911. The number of benzene rings is 1. The van der Waals surface area contributed by atoms with E-state index in [4.69, 9.17) is 11.6 Å². The maximum atomic E-state index is 11.3. The van der Waals surface area contributed by atoms with Gasteiger partial charge in [0.15, 0.2) is 5.78 Å². The summed E-state index contributed by atoms with van der Waals surface area (Å²) in [6.45, 7) is 3.31. The molecular weight excluding hydrogens is 240 g/mol. The van der Waals surface area contributed by atoms with Gasteiger partial charge in [0.05, 0.1) is 5.88 Å². The summed E-state index contributed by atoms with van der Waals surface area (Å²) < 4.78 is 0. The number of carbonyl (C=O) groups is 2. The van der Waals surface area contributed by atoms with E-state index in [2.05, 4.69) is 0 Å². The lowest BCUT2D eigenvalue weighted by atomic mass is 9.94. The van der Waals surface area contributed by atoms with Crippen molar-refractivity contribution < 1.29 is 14.7 Å². The van der Waals surface area contributed by atoms with E-state index in [9.17, 15) is 14.7 Å². The Hall–Kier alpha value is -1.35. The van der Waals surface area contributed by atoms with E-state index >= 15 is 0 Å². The maximum Gasteiger partial charge on any atom is 0.152 e. The van der Waals surface area contributed by atoms with Crippen molar-refractivity contribution in [1.29, 1.82) is 0 Å². The first-order valence-corrected chi connectivity index (χ1v) is 5.89. The fraction of sp³-hybridized carbons (Fsp3) is 0.385. The average Bonchev–Trinajstić information content (AvgIpc) is 2.30. The summed E-state index contributed by atoms with van der Waals surface area (Å²) in [5.41, 5.74) is 1.31. The molecule has 92 valence electrons. The van der Waals surface area contributed by atoms with Crippen molar-refractivity contribution in [2.75, 3.05) is 5.88 Å². The third-order valence-corrected chi connectivity index (χ3v) is 3.05. The van der Waals surface area contributed by atoms with Gasteiger partial charge >= 0.3 is 0 Å². The lowest BCUT2D eigenvalue weighted by Crippen LogP contribution is -2.07. The van der Waals surface area contributed by atoms with E-state index in [-0.39, 0.29) is 35.5 Å². The standard InChI is InChI=1S/C13H15ClO3/c1-8(9(2)15)10-3-4-13(17)11(5-10)6-12(16)7-14/h3-5,8,17H,6-7H2,1-2H3. The number of hydrogen-bond acceptors (Lipinski definition) is 3. The quantitative estimate of drug-likeness (QED) is 0.821. The first-order chi connectivity index (χ1) is 7.95. The second-order valence-corrected chi connectivity index (χ2v) is 4.34. The lowest BCUT2D eigenvalue weighted by Gasteiger charge is -2.11. The van der Waals surface area contributed by atoms with Crippen LogP contribution in [0.15, 0.2) is 18.2 Å². The summed E-state index contributed by atoms with van der Waals surface area (Å²) in [7, 11) is 0. The van der Waals surface area contributed by atoms with E-state index in [0.29, 0.717) is 5.56 Å². The molecule has 0 aliphatic carbocycles. The topological polar surface area (TPSA) is 54.4 Å². The zero-order valence-electron chi connectivity index (χ0n) is 9.87. The molecule has 0 bridgehead atoms. The summed E-state index contributed by atoms with van der Waals surface area (Å²) >= 11 is 5.42. The fourth-order valence-electron chi connectivity index (χ4n) is 1.51. The molecule has 1 N–H and O–H groups in total. The highest BCUT2D eigenvalue weighted by Crippen LogP contribution is 2.24. The minimum atomic E-state index is -0.236. The first-order valence-electron chi connectivity index (χ1n) is 5.35. The van der Waals surface area contributed by atoms with Crippen LogP contribution in [0.1, 0.15) is 30.9 Å². The normalized spacial score (nSPS) is 12.2. The number of alkyl halides is 1. The van der Waals surface area contributed by atoms with E-state index < -0.39 is 0 Å². The molecule has 0 amide bonds. The smallest absolute Gasteiger partial charge is 0.152 e. The van der Waals surface area contributed by atoms with Crippen LogP contribution in [0, 0.1) is 0 Å². The Morgan fingerprint density at radius 1 is 1.41 bits per heavy atom. The number of Topliss-reactive ketones (excluding diaryl/α,β-unsaturated/α-hetero) is 2. The van der Waals surface area contributed by atoms with Gasteiger partial charge in [0.25, 0.3) is 0 Å². The molecule has 0 aliphatic rings. The number of phenolic OH excluding ortho intramolecular Hbond substituents is 1. The van der Waals surface area contributed by atoms with Crippen LogP contribution in [0.25, 0.3) is 0 Å². The highest BCUT2D eigenvalue weighted by molar-refractivity contribution is 6.27. The molecule has 17 heavy (non-hydrogen) atoms. The Kier molecular flexibility index (Phi) is 4.70. The Balaban J connectivity index is 3.02. The van der Waals surface area contributed by atoms with E-state index in [1.807, 2.05) is 0 Å². The maximum absolute atomic E-state index is 11.3. The second kappa shape index (κ2) is 5.82. The summed E-state index contributed by atoms with van der Waals surface area (Å²) in [6, 6.07) is 4.88. The molecule has 0 fully saturated rings. The predicted molar refractivity (Wildman–Crippen MR) is 66.6 cm³/mol. The Bertz CT molecular complexity index is 440. The van der Waals surface area contributed by atoms with Crippen LogP contribution in [-0.2, 0) is 16.0 Å². The number of hydrogen-bond donors (Lipinski definition) is 1. The molecule has 1 atom stereocenters. The van der Waals surface area contributed by atoms with Crippen LogP contribution in [0.2, 0.25) is 0 Å². The summed E-state index contributed by atoms with van der Waals surface area (Å²) in [5, 5.41) is 9.62. The van der Waals surface area contributed by atoms with Gasteiger partial charge in [-0.15, -0.1) is 11.6 Å². The number of ketones is 2. The van der Waals surface area contributed by atoms with Gasteiger partial charge in [-0.1, -0.05) is 19.1 Å². The highest BCUT2D eigenvalue weighted by Gasteiger charge is 2.14. The van der Waals surface area contributed by atoms with Crippen LogP contribution in [0.5, 0.6) is 5.75 Å². The summed E-state index contributed by atoms with van der Waals surface area (Å²) in [5.74, 6) is -0.366. The number of aromatic hydroxyl groups is 1. The van der Waals surface area contributed by atoms with Gasteiger partial charge in [-0.2, -0.15) is 0 Å². The second-order valence-electron chi connectivity index (χ2n) is 4.07. The van der Waals surface area contributed by atoms with Gasteiger partial charge in [-0.05, 0) is 18.6 Å². The zero-order chi connectivity index (χ0) is 13.0. The van der Waals surface area contributed by atoms with Gasteiger partial charge < -0.3 is 5.11 Å². The van der Waals surface area contributed by atoms with Crippen molar-refractivity contribution in [1.82, 2.24) is 0 Å². The molecule has 1 aromatic carbocycles. The van der Waals surface area contributed by atoms with Crippen molar-refractivity contribution in [2.24, 2.45) is 0 Å². The van der Waals surface area contributed by atoms with Crippen LogP contribution >= 0.6 is 11.6 Å². The van der Waals surface area contributed by atoms with Crippen LogP contribution in [-0.4, -0.2) is 22.6 Å². The average molecular weight is 255 g/mol. The lowest BCUT2D eigenvalue weighted by molar-refractivity contribution is -0.118. The van der Waals surface area contributed by atoms with Gasteiger partial charge in [-0.3, -0.25) is 9.59 Å². The molecular formula is C13H15ClO3. The fourth-order valence-corrected chi connectivity index (χ4v) is 1.61. The van der Waals surface area contributed by atoms with Gasteiger partial charge in [0.1, 0.15) is 11.5 Å². The molecule has 1 unspecified atom stereocenters. The number of halogens is 1. The molecule has 0 saturated heterocycles. The Morgan fingerprint density at radius 2 is 2.06 bits per heavy atom. The van der Waals surface area contributed by atoms with Crippen molar-refractivity contribution >= 4 is 23.2 Å². The van der Waals surface area contributed by atoms with Crippen LogP contribution < -0.4 is 0 Å². The Morgan fingerprint density at radius 3 is 2.59 bits per heavy atom. The van der Waals surface area contributed by atoms with E-state index in [1.54, 1.807) is 19.1 Å². The molecule has 4 heteroatoms. The number of phenols is 1. The third-order valence-electron chi connectivity index (χ3n) is 2.75. The van der Waals surface area contributed by atoms with Crippen molar-refractivity contribution in [2.45, 2.75) is 26.2 Å².